The monoisotopic (exact) mass is 1100 g/mol. The number of nitrogens with zero attached hydrogens (tertiary/aromatic N) is 9. The molecule has 0 saturated heterocycles. The molecule has 0 fully saturated rings. The number of hydrogen-bond acceptors (Lipinski definition) is 15. The van der Waals surface area contributed by atoms with Crippen LogP contribution in [0.4, 0.5) is 0 Å². The first-order valence-corrected chi connectivity index (χ1v) is 30.4. The molecule has 0 N–H and O–H groups in total. The minimum atomic E-state index is -0.956. The highest BCUT2D eigenvalue weighted by atomic mass is 16.6. The first kappa shape index (κ1) is 74.3. The Kier molecular flexibility index (Phi) is 41.9. The van der Waals surface area contributed by atoms with Crippen LogP contribution in [0, 0.1) is 40.9 Å². The first-order valence-electron chi connectivity index (χ1n) is 30.4. The molecular weight excluding hydrogens is 979 g/mol. The lowest BCUT2D eigenvalue weighted by Crippen LogP contribution is -2.40. The van der Waals surface area contributed by atoms with Crippen LogP contribution < -0.4 is 0 Å². The number of ether oxygens (including phenoxy) is 3. The van der Waals surface area contributed by atoms with Crippen LogP contribution in [0.3, 0.4) is 0 Å². The third-order valence-electron chi connectivity index (χ3n) is 13.3. The topological polar surface area (TPSA) is 163 Å². The smallest absolute Gasteiger partial charge is 0.307 e. The molecule has 0 aliphatic rings. The summed E-state index contributed by atoms with van der Waals surface area (Å²) in [6, 6.07) is 0. The molecule has 0 spiro atoms. The predicted octanol–water partition coefficient (Wildman–Crippen LogP) is 12.1. The number of esters is 3. The molecule has 0 aliphatic carbocycles. The molecule has 0 bridgehead atoms. The second-order valence-electron chi connectivity index (χ2n) is 24.9. The van der Waals surface area contributed by atoms with Crippen molar-refractivity contribution in [2.75, 3.05) is 118 Å². The van der Waals surface area contributed by atoms with Crippen molar-refractivity contribution >= 4 is 52.2 Å². The maximum absolute atomic E-state index is 13.7. The Morgan fingerprint density at radius 3 is 0.667 bits per heavy atom. The van der Waals surface area contributed by atoms with Gasteiger partial charge >= 0.3 is 17.9 Å². The van der Waals surface area contributed by atoms with Crippen molar-refractivity contribution in [2.45, 2.75) is 196 Å². The summed E-state index contributed by atoms with van der Waals surface area (Å²) in [7, 11) is 0. The summed E-state index contributed by atoms with van der Waals surface area (Å²) in [5, 5.41) is 0. The highest BCUT2D eigenvalue weighted by molar-refractivity contribution is 5.84. The molecular formula is C63H119N9O6. The summed E-state index contributed by atoms with van der Waals surface area (Å²) in [6.07, 6.45) is 6.66. The SMILES string of the molecule is CCC(COC(=O)CCN(CCN=C(C)CC(C)C)CCN=C(C)CC(C)C)(COC(=O)CCN(CCN=C(C)CC(C)C)CCN=C(C)CC(C)C)COC(=O)CCN(CCN=C(C)CC(C)C)CCN=C(C)CC(C)C. The van der Waals surface area contributed by atoms with Gasteiger partial charge in [0, 0.05) is 93.2 Å². The fourth-order valence-electron chi connectivity index (χ4n) is 9.33. The summed E-state index contributed by atoms with van der Waals surface area (Å²) < 4.78 is 18.2. The minimum Gasteiger partial charge on any atom is -0.465 e. The first-order chi connectivity index (χ1) is 36.7. The van der Waals surface area contributed by atoms with E-state index in [1.165, 1.54) is 0 Å². The minimum absolute atomic E-state index is 0.0680. The van der Waals surface area contributed by atoms with Crippen molar-refractivity contribution in [3.8, 4) is 0 Å². The van der Waals surface area contributed by atoms with E-state index >= 15 is 0 Å². The average Bonchev–Trinajstić information content (AvgIpc) is 3.32. The molecule has 0 atom stereocenters. The molecule has 15 nitrogen and oxygen atoms in total. The molecule has 0 unspecified atom stereocenters. The summed E-state index contributed by atoms with van der Waals surface area (Å²) >= 11 is 0. The number of carbonyl (C=O) groups is 3. The third-order valence-corrected chi connectivity index (χ3v) is 13.3. The maximum atomic E-state index is 13.7. The van der Waals surface area contributed by atoms with Gasteiger partial charge in [-0.05, 0) is 122 Å². The zero-order valence-corrected chi connectivity index (χ0v) is 53.7. The van der Waals surface area contributed by atoms with Gasteiger partial charge in [-0.2, -0.15) is 0 Å². The number of rotatable bonds is 46. The normalized spacial score (nSPS) is 14.5. The number of aliphatic imine (C=N–C) groups is 6. The Labute approximate surface area is 478 Å². The van der Waals surface area contributed by atoms with Crippen LogP contribution in [-0.4, -0.2) is 185 Å². The molecule has 0 aliphatic heterocycles. The van der Waals surface area contributed by atoms with Crippen LogP contribution in [0.25, 0.3) is 0 Å². The van der Waals surface area contributed by atoms with Crippen molar-refractivity contribution in [3.05, 3.63) is 0 Å². The Bertz CT molecular complexity index is 1540. The predicted molar refractivity (Wildman–Crippen MR) is 333 cm³/mol. The van der Waals surface area contributed by atoms with E-state index in [4.69, 9.17) is 44.2 Å². The highest BCUT2D eigenvalue weighted by Crippen LogP contribution is 2.25. The molecule has 0 aromatic heterocycles. The number of carbonyl (C=O) groups excluding carboxylic acids is 3. The van der Waals surface area contributed by atoms with Crippen molar-refractivity contribution < 1.29 is 28.6 Å². The summed E-state index contributed by atoms with van der Waals surface area (Å²) in [6.45, 7) is 50.1. The molecule has 0 aromatic rings. The van der Waals surface area contributed by atoms with E-state index in [1.54, 1.807) is 0 Å². The fraction of sp³-hybridized carbons (Fsp3) is 0.857. The van der Waals surface area contributed by atoms with Crippen molar-refractivity contribution in [3.63, 3.8) is 0 Å². The summed E-state index contributed by atoms with van der Waals surface area (Å²) in [5.41, 5.74) is 5.83. The summed E-state index contributed by atoms with van der Waals surface area (Å²) in [5.74, 6) is 2.11. The Hall–Kier alpha value is -3.69. The maximum Gasteiger partial charge on any atom is 0.307 e. The van der Waals surface area contributed by atoms with Gasteiger partial charge in [0.05, 0.1) is 63.9 Å². The number of hydrogen-bond donors (Lipinski definition) is 0. The molecule has 452 valence electrons. The van der Waals surface area contributed by atoms with E-state index < -0.39 is 5.41 Å². The lowest BCUT2D eigenvalue weighted by Gasteiger charge is -2.31. The van der Waals surface area contributed by atoms with E-state index in [2.05, 4.69) is 139 Å². The fourth-order valence-corrected chi connectivity index (χ4v) is 9.33. The van der Waals surface area contributed by atoms with Gasteiger partial charge in [0.2, 0.25) is 0 Å². The van der Waals surface area contributed by atoms with Crippen LogP contribution in [0.1, 0.15) is 196 Å². The van der Waals surface area contributed by atoms with Crippen LogP contribution in [-0.2, 0) is 28.6 Å². The second-order valence-corrected chi connectivity index (χ2v) is 24.9. The zero-order chi connectivity index (χ0) is 59.1. The molecule has 0 amide bonds. The zero-order valence-electron chi connectivity index (χ0n) is 53.7. The van der Waals surface area contributed by atoms with Crippen LogP contribution in [0.2, 0.25) is 0 Å². The van der Waals surface area contributed by atoms with Crippen LogP contribution in [0.5, 0.6) is 0 Å². The summed E-state index contributed by atoms with van der Waals surface area (Å²) in [4.78, 5) is 76.8. The molecule has 0 heterocycles. The van der Waals surface area contributed by atoms with Crippen molar-refractivity contribution in [1.82, 2.24) is 14.7 Å². The van der Waals surface area contributed by atoms with E-state index in [0.29, 0.717) is 140 Å². The standard InChI is InChI=1S/C63H119N9O6/c1-20-63(45-76-60(73)21-30-70(33-24-64-54(14)39-48(2)3)34-25-65-55(15)40-49(4)5,46-77-61(74)22-31-71(35-26-66-56(16)41-50(6)7)36-27-67-57(17)42-51(8)9)47-78-62(75)23-32-72(37-28-68-58(18)43-52(10)11)38-29-69-59(19)44-53(12)13/h48-53H,20-47H2,1-19H3. The van der Waals surface area contributed by atoms with Gasteiger partial charge in [-0.1, -0.05) is 90.0 Å². The molecule has 0 radical (unpaired) electrons. The third kappa shape index (κ3) is 43.2. The lowest BCUT2D eigenvalue weighted by molar-refractivity contribution is -0.162. The highest BCUT2D eigenvalue weighted by Gasteiger charge is 2.34. The largest absolute Gasteiger partial charge is 0.465 e. The molecule has 0 rings (SSSR count). The van der Waals surface area contributed by atoms with Crippen molar-refractivity contribution in [2.24, 2.45) is 70.9 Å². The van der Waals surface area contributed by atoms with E-state index in [9.17, 15) is 14.4 Å². The van der Waals surface area contributed by atoms with Crippen LogP contribution in [0.15, 0.2) is 30.0 Å². The van der Waals surface area contributed by atoms with Gasteiger partial charge in [-0.3, -0.25) is 59.0 Å². The van der Waals surface area contributed by atoms with Gasteiger partial charge < -0.3 is 14.2 Å². The average molecular weight is 1100 g/mol. The quantitative estimate of drug-likeness (QED) is 0.0328. The van der Waals surface area contributed by atoms with Crippen molar-refractivity contribution in [1.29, 1.82) is 0 Å². The second kappa shape index (κ2) is 44.0. The van der Waals surface area contributed by atoms with E-state index in [0.717, 1.165) is 72.8 Å². The van der Waals surface area contributed by atoms with Gasteiger partial charge in [0.15, 0.2) is 0 Å². The molecule has 0 saturated carbocycles. The molecule has 78 heavy (non-hydrogen) atoms. The molecule has 0 aromatic carbocycles. The Balaban J connectivity index is 6.46. The van der Waals surface area contributed by atoms with Gasteiger partial charge in [0.25, 0.3) is 0 Å². The lowest BCUT2D eigenvalue weighted by atomic mass is 9.88. The van der Waals surface area contributed by atoms with Gasteiger partial charge in [-0.25, -0.2) is 0 Å². The molecule has 15 heteroatoms. The van der Waals surface area contributed by atoms with Gasteiger partial charge in [-0.15, -0.1) is 0 Å². The Morgan fingerprint density at radius 2 is 0.513 bits per heavy atom. The Morgan fingerprint density at radius 1 is 0.333 bits per heavy atom. The van der Waals surface area contributed by atoms with Gasteiger partial charge in [0.1, 0.15) is 19.8 Å². The van der Waals surface area contributed by atoms with Crippen LogP contribution >= 0.6 is 0 Å². The van der Waals surface area contributed by atoms with E-state index in [-0.39, 0.29) is 57.0 Å². The van der Waals surface area contributed by atoms with E-state index in [1.807, 2.05) is 6.92 Å².